The fourth-order valence-corrected chi connectivity index (χ4v) is 3.71. The van der Waals surface area contributed by atoms with Gasteiger partial charge in [0.25, 0.3) is 10.0 Å². The monoisotopic (exact) mass is 294 g/mol. The molecular formula is C11H19ClN2O3S. The molecule has 1 saturated heterocycles. The first-order valence-corrected chi connectivity index (χ1v) is 7.32. The second-order valence-electron chi connectivity index (χ2n) is 4.38. The van der Waals surface area contributed by atoms with E-state index in [0.717, 1.165) is 19.3 Å². The van der Waals surface area contributed by atoms with E-state index in [9.17, 15) is 8.42 Å². The van der Waals surface area contributed by atoms with Gasteiger partial charge in [-0.15, -0.1) is 12.4 Å². The summed E-state index contributed by atoms with van der Waals surface area (Å²) in [5.74, 6) is 0.374. The summed E-state index contributed by atoms with van der Waals surface area (Å²) in [5.41, 5.74) is 5.52. The number of sulfonamides is 1. The summed E-state index contributed by atoms with van der Waals surface area (Å²) in [6, 6.07) is 3.08. The Morgan fingerprint density at radius 1 is 1.50 bits per heavy atom. The molecule has 2 heterocycles. The van der Waals surface area contributed by atoms with Gasteiger partial charge in [0.15, 0.2) is 0 Å². The van der Waals surface area contributed by atoms with E-state index in [4.69, 9.17) is 10.2 Å². The van der Waals surface area contributed by atoms with Crippen molar-refractivity contribution in [3.63, 3.8) is 0 Å². The number of rotatable bonds is 4. The fraction of sp³-hybridized carbons (Fsp3) is 0.636. The number of furan rings is 1. The highest BCUT2D eigenvalue weighted by Crippen LogP contribution is 2.25. The van der Waals surface area contributed by atoms with Crippen LogP contribution < -0.4 is 5.73 Å². The number of halogens is 1. The molecule has 1 unspecified atom stereocenters. The van der Waals surface area contributed by atoms with Crippen molar-refractivity contribution in [1.29, 1.82) is 0 Å². The molecule has 1 fully saturated rings. The molecule has 2 rings (SSSR count). The van der Waals surface area contributed by atoms with Crippen LogP contribution in [0.3, 0.4) is 0 Å². The zero-order valence-electron chi connectivity index (χ0n) is 10.1. The van der Waals surface area contributed by atoms with Gasteiger partial charge in [-0.05, 0) is 43.9 Å². The van der Waals surface area contributed by atoms with Crippen LogP contribution >= 0.6 is 12.4 Å². The standard InChI is InChI=1S/C11H18N2O3S.ClH/c12-6-5-10-3-1-7-13(9-10)17(14,15)11-4-2-8-16-11;/h2,4,8,10H,1,3,5-7,9,12H2;1H. The Kier molecular flexibility index (Phi) is 5.65. The maximum absolute atomic E-state index is 12.2. The number of hydrogen-bond acceptors (Lipinski definition) is 4. The molecule has 18 heavy (non-hydrogen) atoms. The van der Waals surface area contributed by atoms with Crippen LogP contribution in [0.2, 0.25) is 0 Å². The minimum Gasteiger partial charge on any atom is -0.452 e. The maximum atomic E-state index is 12.2. The summed E-state index contributed by atoms with van der Waals surface area (Å²) in [7, 11) is -3.44. The molecule has 0 amide bonds. The number of nitrogens with zero attached hydrogens (tertiary/aromatic N) is 1. The second kappa shape index (κ2) is 6.56. The van der Waals surface area contributed by atoms with Crippen molar-refractivity contribution in [2.24, 2.45) is 11.7 Å². The van der Waals surface area contributed by atoms with Gasteiger partial charge in [-0.25, -0.2) is 8.42 Å². The predicted molar refractivity (Wildman–Crippen MR) is 71.1 cm³/mol. The molecule has 5 nitrogen and oxygen atoms in total. The summed E-state index contributed by atoms with van der Waals surface area (Å²) >= 11 is 0. The van der Waals surface area contributed by atoms with Crippen LogP contribution in [0.4, 0.5) is 0 Å². The first-order valence-electron chi connectivity index (χ1n) is 5.88. The number of piperidine rings is 1. The molecule has 0 aromatic carbocycles. The molecule has 1 aromatic heterocycles. The Hall–Kier alpha value is -0.560. The third-order valence-electron chi connectivity index (χ3n) is 3.15. The van der Waals surface area contributed by atoms with Gasteiger partial charge < -0.3 is 10.2 Å². The van der Waals surface area contributed by atoms with Gasteiger partial charge in [0.1, 0.15) is 0 Å². The van der Waals surface area contributed by atoms with E-state index in [0.29, 0.717) is 25.6 Å². The molecule has 1 aromatic rings. The van der Waals surface area contributed by atoms with E-state index in [1.54, 1.807) is 6.07 Å². The predicted octanol–water partition coefficient (Wildman–Crippen LogP) is 1.45. The van der Waals surface area contributed by atoms with E-state index in [1.807, 2.05) is 0 Å². The molecule has 104 valence electrons. The molecule has 1 aliphatic heterocycles. The summed E-state index contributed by atoms with van der Waals surface area (Å²) in [5, 5.41) is 0.0332. The highest BCUT2D eigenvalue weighted by atomic mass is 35.5. The van der Waals surface area contributed by atoms with E-state index in [1.165, 1.54) is 16.6 Å². The minimum absolute atomic E-state index is 0. The summed E-state index contributed by atoms with van der Waals surface area (Å²) in [6.07, 6.45) is 4.21. The van der Waals surface area contributed by atoms with Crippen LogP contribution in [0.15, 0.2) is 27.9 Å². The minimum atomic E-state index is -3.44. The fourth-order valence-electron chi connectivity index (χ4n) is 2.25. The van der Waals surface area contributed by atoms with Crippen molar-refractivity contribution in [3.8, 4) is 0 Å². The van der Waals surface area contributed by atoms with E-state index >= 15 is 0 Å². The third kappa shape index (κ3) is 3.26. The average Bonchev–Trinajstić information content (AvgIpc) is 2.84. The normalized spacial score (nSPS) is 21.5. The Labute approximate surface area is 114 Å². The molecule has 0 radical (unpaired) electrons. The Morgan fingerprint density at radius 2 is 2.28 bits per heavy atom. The molecule has 0 spiro atoms. The number of hydrogen-bond donors (Lipinski definition) is 1. The SMILES string of the molecule is Cl.NCCC1CCCN(S(=O)(=O)c2ccco2)C1. The summed E-state index contributed by atoms with van der Waals surface area (Å²) < 4.78 is 30.9. The molecule has 0 saturated carbocycles. The second-order valence-corrected chi connectivity index (χ2v) is 6.25. The molecular weight excluding hydrogens is 276 g/mol. The Bertz CT molecular complexity index is 445. The molecule has 0 aliphatic carbocycles. The molecule has 0 bridgehead atoms. The lowest BCUT2D eigenvalue weighted by molar-refractivity contribution is 0.253. The first kappa shape index (κ1) is 15.5. The highest BCUT2D eigenvalue weighted by molar-refractivity contribution is 7.89. The average molecular weight is 295 g/mol. The Balaban J connectivity index is 0.00000162. The molecule has 1 atom stereocenters. The molecule has 1 aliphatic rings. The van der Waals surface area contributed by atoms with Crippen molar-refractivity contribution in [1.82, 2.24) is 4.31 Å². The van der Waals surface area contributed by atoms with Crippen LogP contribution in [0.5, 0.6) is 0 Å². The molecule has 7 heteroatoms. The van der Waals surface area contributed by atoms with Gasteiger partial charge in [0.2, 0.25) is 5.09 Å². The van der Waals surface area contributed by atoms with Crippen molar-refractivity contribution >= 4 is 22.4 Å². The quantitative estimate of drug-likeness (QED) is 0.912. The van der Waals surface area contributed by atoms with Crippen LogP contribution in [-0.4, -0.2) is 32.4 Å². The lowest BCUT2D eigenvalue weighted by Crippen LogP contribution is -2.40. The smallest absolute Gasteiger partial charge is 0.276 e. The van der Waals surface area contributed by atoms with E-state index in [2.05, 4.69) is 0 Å². The van der Waals surface area contributed by atoms with Gasteiger partial charge in [0.05, 0.1) is 6.26 Å². The Morgan fingerprint density at radius 3 is 2.89 bits per heavy atom. The van der Waals surface area contributed by atoms with E-state index in [-0.39, 0.29) is 17.5 Å². The lowest BCUT2D eigenvalue weighted by Gasteiger charge is -2.30. The zero-order valence-corrected chi connectivity index (χ0v) is 11.8. The van der Waals surface area contributed by atoms with Crippen LogP contribution in [0.25, 0.3) is 0 Å². The zero-order chi connectivity index (χ0) is 12.3. The largest absolute Gasteiger partial charge is 0.452 e. The van der Waals surface area contributed by atoms with Gasteiger partial charge in [-0.1, -0.05) is 0 Å². The van der Waals surface area contributed by atoms with Gasteiger partial charge in [-0.2, -0.15) is 4.31 Å². The van der Waals surface area contributed by atoms with Crippen LogP contribution in [0, 0.1) is 5.92 Å². The maximum Gasteiger partial charge on any atom is 0.276 e. The van der Waals surface area contributed by atoms with Gasteiger partial charge in [0, 0.05) is 13.1 Å². The lowest BCUT2D eigenvalue weighted by atomic mass is 9.96. The van der Waals surface area contributed by atoms with Crippen molar-refractivity contribution in [3.05, 3.63) is 18.4 Å². The van der Waals surface area contributed by atoms with Crippen molar-refractivity contribution in [2.45, 2.75) is 24.4 Å². The first-order chi connectivity index (χ1) is 8.14. The van der Waals surface area contributed by atoms with Crippen LogP contribution in [-0.2, 0) is 10.0 Å². The summed E-state index contributed by atoms with van der Waals surface area (Å²) in [6.45, 7) is 1.74. The van der Waals surface area contributed by atoms with Gasteiger partial charge >= 0.3 is 0 Å². The third-order valence-corrected chi connectivity index (χ3v) is 4.90. The topological polar surface area (TPSA) is 76.5 Å². The van der Waals surface area contributed by atoms with E-state index < -0.39 is 10.0 Å². The molecule has 2 N–H and O–H groups in total. The highest BCUT2D eigenvalue weighted by Gasteiger charge is 2.31. The van der Waals surface area contributed by atoms with Gasteiger partial charge in [-0.3, -0.25) is 0 Å². The number of nitrogens with two attached hydrogens (primary N) is 1. The van der Waals surface area contributed by atoms with Crippen molar-refractivity contribution in [2.75, 3.05) is 19.6 Å². The summed E-state index contributed by atoms with van der Waals surface area (Å²) in [4.78, 5) is 0. The van der Waals surface area contributed by atoms with Crippen molar-refractivity contribution < 1.29 is 12.8 Å². The van der Waals surface area contributed by atoms with Crippen LogP contribution in [0.1, 0.15) is 19.3 Å².